The summed E-state index contributed by atoms with van der Waals surface area (Å²) in [5.41, 5.74) is 1.36. The predicted octanol–water partition coefficient (Wildman–Crippen LogP) is 2.73. The Morgan fingerprint density at radius 2 is 2.08 bits per heavy atom. The Kier molecular flexibility index (Phi) is 1.88. The van der Waals surface area contributed by atoms with Crippen molar-refractivity contribution in [3.8, 4) is 0 Å². The lowest BCUT2D eigenvalue weighted by molar-refractivity contribution is 0.629. The third kappa shape index (κ3) is 1.47. The van der Waals surface area contributed by atoms with E-state index in [0.717, 1.165) is 0 Å². The van der Waals surface area contributed by atoms with Gasteiger partial charge in [-0.05, 0) is 36.7 Å². The van der Waals surface area contributed by atoms with E-state index in [1.807, 2.05) is 0 Å². The molecule has 1 aromatic carbocycles. The fraction of sp³-hybridized carbons (Fsp3) is 0.111. The standard InChI is InChI=1S/C9H6ClFN2/c1-5-7-4-6(11)2-3-8(7)13-9(10)12-5/h2-4H,1H3. The van der Waals surface area contributed by atoms with Gasteiger partial charge in [-0.1, -0.05) is 0 Å². The Hall–Kier alpha value is -1.22. The quantitative estimate of drug-likeness (QED) is 0.606. The van der Waals surface area contributed by atoms with Gasteiger partial charge in [0, 0.05) is 5.39 Å². The van der Waals surface area contributed by atoms with Gasteiger partial charge >= 0.3 is 0 Å². The molecular weight excluding hydrogens is 191 g/mol. The van der Waals surface area contributed by atoms with Crippen LogP contribution in [0.25, 0.3) is 10.9 Å². The highest BCUT2D eigenvalue weighted by Gasteiger charge is 2.03. The first-order chi connectivity index (χ1) is 6.16. The fourth-order valence-electron chi connectivity index (χ4n) is 1.22. The van der Waals surface area contributed by atoms with Crippen molar-refractivity contribution in [2.24, 2.45) is 0 Å². The van der Waals surface area contributed by atoms with Gasteiger partial charge in [-0.15, -0.1) is 0 Å². The molecule has 2 rings (SSSR count). The fourth-order valence-corrected chi connectivity index (χ4v) is 1.44. The van der Waals surface area contributed by atoms with Crippen LogP contribution in [0, 0.1) is 12.7 Å². The third-order valence-corrected chi connectivity index (χ3v) is 1.99. The number of aryl methyl sites for hydroxylation is 1. The molecule has 0 fully saturated rings. The normalized spacial score (nSPS) is 10.7. The first-order valence-corrected chi connectivity index (χ1v) is 4.14. The maximum atomic E-state index is 12.8. The first-order valence-electron chi connectivity index (χ1n) is 3.76. The summed E-state index contributed by atoms with van der Waals surface area (Å²) < 4.78 is 12.8. The molecule has 0 amide bonds. The molecular formula is C9H6ClFN2. The number of fused-ring (bicyclic) bond motifs is 1. The van der Waals surface area contributed by atoms with Gasteiger partial charge < -0.3 is 0 Å². The maximum Gasteiger partial charge on any atom is 0.223 e. The zero-order valence-electron chi connectivity index (χ0n) is 6.88. The number of rotatable bonds is 0. The molecule has 0 atom stereocenters. The van der Waals surface area contributed by atoms with E-state index in [9.17, 15) is 4.39 Å². The second-order valence-corrected chi connectivity index (χ2v) is 3.08. The molecule has 0 saturated carbocycles. The van der Waals surface area contributed by atoms with Crippen LogP contribution in [-0.4, -0.2) is 9.97 Å². The minimum Gasteiger partial charge on any atom is -0.223 e. The van der Waals surface area contributed by atoms with Gasteiger partial charge in [0.1, 0.15) is 5.82 Å². The van der Waals surface area contributed by atoms with Crippen molar-refractivity contribution in [2.75, 3.05) is 0 Å². The van der Waals surface area contributed by atoms with Gasteiger partial charge in [0.2, 0.25) is 5.28 Å². The van der Waals surface area contributed by atoms with Crippen molar-refractivity contribution < 1.29 is 4.39 Å². The van der Waals surface area contributed by atoms with Crippen LogP contribution in [0.2, 0.25) is 5.28 Å². The molecule has 0 aliphatic rings. The van der Waals surface area contributed by atoms with E-state index in [-0.39, 0.29) is 11.1 Å². The van der Waals surface area contributed by atoms with Crippen molar-refractivity contribution in [3.63, 3.8) is 0 Å². The number of aromatic nitrogens is 2. The molecule has 2 aromatic rings. The van der Waals surface area contributed by atoms with Gasteiger partial charge in [-0.2, -0.15) is 0 Å². The highest BCUT2D eigenvalue weighted by Crippen LogP contribution is 2.17. The molecule has 0 spiro atoms. The maximum absolute atomic E-state index is 12.8. The van der Waals surface area contributed by atoms with Crippen LogP contribution >= 0.6 is 11.6 Å². The molecule has 0 aliphatic heterocycles. The Balaban J connectivity index is 2.87. The Morgan fingerprint density at radius 1 is 1.31 bits per heavy atom. The van der Waals surface area contributed by atoms with E-state index in [1.165, 1.54) is 12.1 Å². The van der Waals surface area contributed by atoms with Gasteiger partial charge in [0.15, 0.2) is 0 Å². The van der Waals surface area contributed by atoms with E-state index in [0.29, 0.717) is 16.6 Å². The summed E-state index contributed by atoms with van der Waals surface area (Å²) in [6, 6.07) is 4.34. The summed E-state index contributed by atoms with van der Waals surface area (Å²) in [5, 5.41) is 0.890. The van der Waals surface area contributed by atoms with Gasteiger partial charge in [-0.3, -0.25) is 0 Å². The summed E-state index contributed by atoms with van der Waals surface area (Å²) in [4.78, 5) is 7.90. The number of nitrogens with zero attached hydrogens (tertiary/aromatic N) is 2. The zero-order chi connectivity index (χ0) is 9.42. The van der Waals surface area contributed by atoms with Crippen molar-refractivity contribution >= 4 is 22.5 Å². The van der Waals surface area contributed by atoms with Crippen molar-refractivity contribution in [2.45, 2.75) is 6.92 Å². The molecule has 13 heavy (non-hydrogen) atoms. The molecule has 66 valence electrons. The second-order valence-electron chi connectivity index (χ2n) is 2.74. The first kappa shape index (κ1) is 8.38. The summed E-state index contributed by atoms with van der Waals surface area (Å²) in [6.45, 7) is 1.77. The van der Waals surface area contributed by atoms with Crippen molar-refractivity contribution in [1.82, 2.24) is 9.97 Å². The molecule has 0 N–H and O–H groups in total. The zero-order valence-corrected chi connectivity index (χ0v) is 7.64. The van der Waals surface area contributed by atoms with Crippen LogP contribution < -0.4 is 0 Å². The molecule has 0 radical (unpaired) electrons. The molecule has 0 unspecified atom stereocenters. The van der Waals surface area contributed by atoms with E-state index < -0.39 is 0 Å². The number of benzene rings is 1. The van der Waals surface area contributed by atoms with E-state index >= 15 is 0 Å². The van der Waals surface area contributed by atoms with E-state index in [1.54, 1.807) is 13.0 Å². The number of hydrogen-bond donors (Lipinski definition) is 0. The molecule has 4 heteroatoms. The number of halogens is 2. The molecule has 0 aliphatic carbocycles. The summed E-state index contributed by atoms with van der Waals surface area (Å²) in [5.74, 6) is -0.290. The summed E-state index contributed by atoms with van der Waals surface area (Å²) in [7, 11) is 0. The smallest absolute Gasteiger partial charge is 0.223 e. The predicted molar refractivity (Wildman–Crippen MR) is 49.2 cm³/mol. The lowest BCUT2D eigenvalue weighted by atomic mass is 10.2. The highest BCUT2D eigenvalue weighted by molar-refractivity contribution is 6.28. The van der Waals surface area contributed by atoms with Gasteiger partial charge in [-0.25, -0.2) is 14.4 Å². The van der Waals surface area contributed by atoms with Crippen molar-refractivity contribution in [1.29, 1.82) is 0 Å². The van der Waals surface area contributed by atoms with Crippen molar-refractivity contribution in [3.05, 3.63) is 35.0 Å². The van der Waals surface area contributed by atoms with E-state index in [4.69, 9.17) is 11.6 Å². The highest BCUT2D eigenvalue weighted by atomic mass is 35.5. The molecule has 1 aromatic heterocycles. The molecule has 1 heterocycles. The molecule has 0 saturated heterocycles. The lowest BCUT2D eigenvalue weighted by Gasteiger charge is -2.00. The van der Waals surface area contributed by atoms with Crippen LogP contribution in [0.1, 0.15) is 5.69 Å². The van der Waals surface area contributed by atoms with Crippen LogP contribution in [-0.2, 0) is 0 Å². The van der Waals surface area contributed by atoms with Crippen LogP contribution in [0.15, 0.2) is 18.2 Å². The Labute approximate surface area is 79.4 Å². The average molecular weight is 197 g/mol. The second kappa shape index (κ2) is 2.92. The minimum absolute atomic E-state index is 0.191. The van der Waals surface area contributed by atoms with Gasteiger partial charge in [0.05, 0.1) is 11.2 Å². The largest absolute Gasteiger partial charge is 0.223 e. The average Bonchev–Trinajstić information content (AvgIpc) is 2.06. The summed E-state index contributed by atoms with van der Waals surface area (Å²) in [6.07, 6.45) is 0. The Bertz CT molecular complexity index is 470. The minimum atomic E-state index is -0.290. The van der Waals surface area contributed by atoms with Crippen LogP contribution in [0.3, 0.4) is 0 Å². The topological polar surface area (TPSA) is 25.8 Å². The monoisotopic (exact) mass is 196 g/mol. The SMILES string of the molecule is Cc1nc(Cl)nc2ccc(F)cc12. The third-order valence-electron chi connectivity index (χ3n) is 1.82. The summed E-state index contributed by atoms with van der Waals surface area (Å²) >= 11 is 5.65. The van der Waals surface area contributed by atoms with Crippen LogP contribution in [0.5, 0.6) is 0 Å². The van der Waals surface area contributed by atoms with E-state index in [2.05, 4.69) is 9.97 Å². The number of hydrogen-bond acceptors (Lipinski definition) is 2. The molecule has 0 bridgehead atoms. The van der Waals surface area contributed by atoms with Crippen LogP contribution in [0.4, 0.5) is 4.39 Å². The van der Waals surface area contributed by atoms with Gasteiger partial charge in [0.25, 0.3) is 0 Å². The Morgan fingerprint density at radius 3 is 2.85 bits per heavy atom. The lowest BCUT2D eigenvalue weighted by Crippen LogP contribution is -1.90. The molecule has 2 nitrogen and oxygen atoms in total.